The molecule has 1 unspecified atom stereocenters. The quantitative estimate of drug-likeness (QED) is 0.623. The van der Waals surface area contributed by atoms with Crippen LogP contribution in [0.15, 0.2) is 0 Å². The van der Waals surface area contributed by atoms with Crippen LogP contribution in [0, 0.1) is 23.2 Å². The Morgan fingerprint density at radius 3 is 2.33 bits per heavy atom. The number of terminal acetylenes is 1. The van der Waals surface area contributed by atoms with Gasteiger partial charge in [-0.2, -0.15) is 0 Å². The Hall–Kier alpha value is -0.480. The molecule has 0 aliphatic heterocycles. The molecule has 0 saturated heterocycles. The smallest absolute Gasteiger partial charge is 0.0470 e. The fraction of sp³-hybridized carbons (Fsp3) is 0.818. The van der Waals surface area contributed by atoms with E-state index >= 15 is 0 Å². The molecule has 0 amide bonds. The van der Waals surface area contributed by atoms with Crippen molar-refractivity contribution >= 4 is 0 Å². The lowest BCUT2D eigenvalue weighted by atomic mass is 9.50. The van der Waals surface area contributed by atoms with Crippen molar-refractivity contribution < 1.29 is 0 Å². The summed E-state index contributed by atoms with van der Waals surface area (Å²) in [6.07, 6.45) is 8.93. The van der Waals surface area contributed by atoms with Crippen molar-refractivity contribution in [2.45, 2.75) is 46.1 Å². The Labute approximate surface area is 75.7 Å². The van der Waals surface area contributed by atoms with Crippen LogP contribution in [0.4, 0.5) is 0 Å². The second-order valence-corrected chi connectivity index (χ2v) is 4.61. The molecule has 1 aliphatic carbocycles. The summed E-state index contributed by atoms with van der Waals surface area (Å²) in [5.74, 6) is 2.88. The molecule has 68 valence electrons. The highest BCUT2D eigenvalue weighted by molar-refractivity contribution is 5.19. The SMILES string of the molecule is C#CC1(C(C)N)CC(C)(CC)C1. The lowest BCUT2D eigenvalue weighted by molar-refractivity contribution is 0.00171. The normalized spacial score (nSPS) is 42.9. The molecule has 1 rings (SSSR count). The molecule has 2 N–H and O–H groups in total. The Kier molecular flexibility index (Phi) is 2.23. The molecular formula is C11H19N. The van der Waals surface area contributed by atoms with E-state index in [1.165, 1.54) is 6.42 Å². The standard InChI is InChI=1S/C11H19N/c1-5-10(4)7-11(6-2,8-10)9(3)12/h2,9H,5,7-8,12H2,1,3-4H3. The summed E-state index contributed by atoms with van der Waals surface area (Å²) in [6.45, 7) is 6.54. The summed E-state index contributed by atoms with van der Waals surface area (Å²) in [7, 11) is 0. The van der Waals surface area contributed by atoms with Gasteiger partial charge >= 0.3 is 0 Å². The molecule has 1 aliphatic rings. The summed E-state index contributed by atoms with van der Waals surface area (Å²) in [5.41, 5.74) is 6.34. The number of nitrogens with two attached hydrogens (primary N) is 1. The fourth-order valence-corrected chi connectivity index (χ4v) is 2.28. The van der Waals surface area contributed by atoms with Crippen LogP contribution in [0.1, 0.15) is 40.0 Å². The molecule has 0 heterocycles. The Morgan fingerprint density at radius 1 is 1.58 bits per heavy atom. The molecule has 0 aromatic carbocycles. The van der Waals surface area contributed by atoms with E-state index in [4.69, 9.17) is 12.2 Å². The van der Waals surface area contributed by atoms with Crippen LogP contribution in [-0.2, 0) is 0 Å². The van der Waals surface area contributed by atoms with E-state index in [0.717, 1.165) is 12.8 Å². The maximum absolute atomic E-state index is 5.88. The predicted molar refractivity (Wildman–Crippen MR) is 52.5 cm³/mol. The molecule has 1 heteroatoms. The van der Waals surface area contributed by atoms with Crippen LogP contribution in [-0.4, -0.2) is 6.04 Å². The van der Waals surface area contributed by atoms with Gasteiger partial charge in [0.15, 0.2) is 0 Å². The van der Waals surface area contributed by atoms with Gasteiger partial charge in [0.05, 0.1) is 0 Å². The minimum Gasteiger partial charge on any atom is -0.327 e. The highest BCUT2D eigenvalue weighted by atomic mass is 14.7. The second kappa shape index (κ2) is 2.78. The third-order valence-electron chi connectivity index (χ3n) is 3.50. The summed E-state index contributed by atoms with van der Waals surface area (Å²) in [4.78, 5) is 0. The lowest BCUT2D eigenvalue weighted by Gasteiger charge is -2.54. The minimum absolute atomic E-state index is 0.00472. The molecular weight excluding hydrogens is 146 g/mol. The monoisotopic (exact) mass is 165 g/mol. The molecule has 0 bridgehead atoms. The molecule has 0 radical (unpaired) electrons. The first-order valence-corrected chi connectivity index (χ1v) is 4.71. The van der Waals surface area contributed by atoms with Gasteiger partial charge < -0.3 is 5.73 Å². The van der Waals surface area contributed by atoms with Crippen molar-refractivity contribution in [3.05, 3.63) is 0 Å². The largest absolute Gasteiger partial charge is 0.327 e. The van der Waals surface area contributed by atoms with Gasteiger partial charge in [-0.05, 0) is 25.2 Å². The van der Waals surface area contributed by atoms with Gasteiger partial charge in [0, 0.05) is 11.5 Å². The van der Waals surface area contributed by atoms with E-state index in [2.05, 4.69) is 19.8 Å². The third kappa shape index (κ3) is 1.25. The Morgan fingerprint density at radius 2 is 2.08 bits per heavy atom. The Bertz CT molecular complexity index is 204. The highest BCUT2D eigenvalue weighted by Gasteiger charge is 2.51. The maximum atomic E-state index is 5.88. The van der Waals surface area contributed by atoms with E-state index < -0.39 is 0 Å². The zero-order chi connectivity index (χ0) is 9.41. The third-order valence-corrected chi connectivity index (χ3v) is 3.50. The molecule has 12 heavy (non-hydrogen) atoms. The van der Waals surface area contributed by atoms with E-state index in [9.17, 15) is 0 Å². The molecule has 1 atom stereocenters. The van der Waals surface area contributed by atoms with Crippen LogP contribution in [0.3, 0.4) is 0 Å². The van der Waals surface area contributed by atoms with Crippen molar-refractivity contribution in [2.75, 3.05) is 0 Å². The van der Waals surface area contributed by atoms with Gasteiger partial charge in [-0.1, -0.05) is 26.2 Å². The van der Waals surface area contributed by atoms with Crippen molar-refractivity contribution in [2.24, 2.45) is 16.6 Å². The van der Waals surface area contributed by atoms with Crippen LogP contribution in [0.5, 0.6) is 0 Å². The molecule has 0 spiro atoms. The van der Waals surface area contributed by atoms with E-state index in [0.29, 0.717) is 5.41 Å². The highest BCUT2D eigenvalue weighted by Crippen LogP contribution is 2.57. The van der Waals surface area contributed by atoms with Crippen molar-refractivity contribution in [3.63, 3.8) is 0 Å². The molecule has 0 aromatic rings. The average molecular weight is 165 g/mol. The van der Waals surface area contributed by atoms with Gasteiger partial charge in [-0.15, -0.1) is 6.42 Å². The second-order valence-electron chi connectivity index (χ2n) is 4.61. The fourth-order valence-electron chi connectivity index (χ4n) is 2.28. The summed E-state index contributed by atoms with van der Waals surface area (Å²) < 4.78 is 0. The summed E-state index contributed by atoms with van der Waals surface area (Å²) >= 11 is 0. The summed E-state index contributed by atoms with van der Waals surface area (Å²) in [5, 5.41) is 0. The van der Waals surface area contributed by atoms with E-state index in [-0.39, 0.29) is 11.5 Å². The first-order chi connectivity index (χ1) is 5.48. The zero-order valence-electron chi connectivity index (χ0n) is 8.35. The summed E-state index contributed by atoms with van der Waals surface area (Å²) in [6, 6.07) is 0.141. The minimum atomic E-state index is 0.00472. The molecule has 1 saturated carbocycles. The van der Waals surface area contributed by atoms with Crippen molar-refractivity contribution in [1.82, 2.24) is 0 Å². The van der Waals surface area contributed by atoms with Crippen LogP contribution >= 0.6 is 0 Å². The van der Waals surface area contributed by atoms with E-state index in [1.807, 2.05) is 6.92 Å². The Balaban J connectivity index is 2.65. The van der Waals surface area contributed by atoms with Gasteiger partial charge in [-0.25, -0.2) is 0 Å². The maximum Gasteiger partial charge on any atom is 0.0470 e. The molecule has 1 nitrogen and oxygen atoms in total. The number of rotatable bonds is 2. The first-order valence-electron chi connectivity index (χ1n) is 4.71. The predicted octanol–water partition coefficient (Wildman–Crippen LogP) is 2.16. The molecule has 0 aromatic heterocycles. The van der Waals surface area contributed by atoms with Crippen LogP contribution < -0.4 is 5.73 Å². The lowest BCUT2D eigenvalue weighted by Crippen LogP contribution is -2.52. The van der Waals surface area contributed by atoms with Crippen LogP contribution in [0.2, 0.25) is 0 Å². The van der Waals surface area contributed by atoms with Crippen molar-refractivity contribution in [1.29, 1.82) is 0 Å². The van der Waals surface area contributed by atoms with Gasteiger partial charge in [-0.3, -0.25) is 0 Å². The zero-order valence-corrected chi connectivity index (χ0v) is 8.35. The van der Waals surface area contributed by atoms with Gasteiger partial charge in [0.2, 0.25) is 0 Å². The first kappa shape index (κ1) is 9.61. The topological polar surface area (TPSA) is 26.0 Å². The number of hydrogen-bond donors (Lipinski definition) is 1. The molecule has 1 fully saturated rings. The van der Waals surface area contributed by atoms with Gasteiger partial charge in [0.25, 0.3) is 0 Å². The van der Waals surface area contributed by atoms with Crippen molar-refractivity contribution in [3.8, 4) is 12.3 Å². The van der Waals surface area contributed by atoms with Crippen LogP contribution in [0.25, 0.3) is 0 Å². The average Bonchev–Trinajstić information content (AvgIpc) is 1.98. The van der Waals surface area contributed by atoms with Gasteiger partial charge in [0.1, 0.15) is 0 Å². The number of hydrogen-bond acceptors (Lipinski definition) is 1. The van der Waals surface area contributed by atoms with E-state index in [1.54, 1.807) is 0 Å².